The van der Waals surface area contributed by atoms with Crippen LogP contribution in [0.25, 0.3) is 11.0 Å². The Hall–Kier alpha value is -2.29. The molecule has 3 heteroatoms. The summed E-state index contributed by atoms with van der Waals surface area (Å²) in [5, 5.41) is 1.07. The quantitative estimate of drug-likeness (QED) is 0.690. The van der Waals surface area contributed by atoms with Crippen molar-refractivity contribution in [3.05, 3.63) is 65.7 Å². The molecule has 96 valence electrons. The minimum atomic E-state index is -0.272. The van der Waals surface area contributed by atoms with E-state index in [9.17, 15) is 4.39 Å². The van der Waals surface area contributed by atoms with E-state index in [2.05, 4.69) is 0 Å². The fraction of sp³-hybridized carbons (Fsp3) is 0.125. The number of ether oxygens (including phenoxy) is 1. The molecular formula is C16H13FO2. The highest BCUT2D eigenvalue weighted by atomic mass is 19.1. The summed E-state index contributed by atoms with van der Waals surface area (Å²) in [5.41, 5.74) is 1.99. The molecule has 0 aliphatic carbocycles. The molecule has 1 aromatic heterocycles. The highest BCUT2D eigenvalue weighted by Crippen LogP contribution is 2.23. The number of furan rings is 1. The fourth-order valence-electron chi connectivity index (χ4n) is 2.02. The molecule has 0 saturated carbocycles. The zero-order valence-electron chi connectivity index (χ0n) is 10.5. The second kappa shape index (κ2) is 4.76. The van der Waals surface area contributed by atoms with Gasteiger partial charge in [-0.2, -0.15) is 0 Å². The molecule has 19 heavy (non-hydrogen) atoms. The van der Waals surface area contributed by atoms with Crippen molar-refractivity contribution in [1.82, 2.24) is 0 Å². The van der Waals surface area contributed by atoms with Crippen LogP contribution in [-0.2, 0) is 6.61 Å². The first-order chi connectivity index (χ1) is 9.22. The second-order valence-corrected chi connectivity index (χ2v) is 4.45. The van der Waals surface area contributed by atoms with Crippen LogP contribution >= 0.6 is 0 Å². The summed E-state index contributed by atoms with van der Waals surface area (Å²) in [5.74, 6) is 1.11. The average Bonchev–Trinajstić information content (AvgIpc) is 2.83. The van der Waals surface area contributed by atoms with Crippen LogP contribution in [0.15, 0.2) is 52.9 Å². The Bertz CT molecular complexity index is 698. The van der Waals surface area contributed by atoms with Crippen molar-refractivity contribution in [3.63, 3.8) is 0 Å². The van der Waals surface area contributed by atoms with E-state index in [1.54, 1.807) is 12.1 Å². The van der Waals surface area contributed by atoms with Crippen LogP contribution in [0.3, 0.4) is 0 Å². The molecule has 2 nitrogen and oxygen atoms in total. The number of para-hydroxylation sites is 1. The first-order valence-corrected chi connectivity index (χ1v) is 6.09. The molecular weight excluding hydrogens is 243 g/mol. The molecule has 3 aromatic rings. The van der Waals surface area contributed by atoms with Crippen molar-refractivity contribution in [2.24, 2.45) is 0 Å². The number of rotatable bonds is 3. The van der Waals surface area contributed by atoms with Crippen molar-refractivity contribution in [3.8, 4) is 5.75 Å². The highest BCUT2D eigenvalue weighted by molar-refractivity contribution is 5.80. The summed E-state index contributed by atoms with van der Waals surface area (Å²) >= 11 is 0. The average molecular weight is 256 g/mol. The molecule has 0 fully saturated rings. The summed E-state index contributed by atoms with van der Waals surface area (Å²) < 4.78 is 24.1. The lowest BCUT2D eigenvalue weighted by molar-refractivity contribution is 0.274. The van der Waals surface area contributed by atoms with Crippen LogP contribution < -0.4 is 4.74 Å². The lowest BCUT2D eigenvalue weighted by Gasteiger charge is -2.03. The predicted octanol–water partition coefficient (Wildman–Crippen LogP) is 4.46. The third kappa shape index (κ3) is 2.45. The maximum absolute atomic E-state index is 12.8. The van der Waals surface area contributed by atoms with Gasteiger partial charge in [0, 0.05) is 5.39 Å². The molecule has 0 amide bonds. The lowest BCUT2D eigenvalue weighted by Crippen LogP contribution is -1.93. The van der Waals surface area contributed by atoms with E-state index in [1.165, 1.54) is 12.1 Å². The normalized spacial score (nSPS) is 10.8. The van der Waals surface area contributed by atoms with Crippen LogP contribution in [-0.4, -0.2) is 0 Å². The van der Waals surface area contributed by atoms with Gasteiger partial charge in [-0.05, 0) is 42.8 Å². The van der Waals surface area contributed by atoms with Crippen molar-refractivity contribution in [2.45, 2.75) is 13.5 Å². The largest absolute Gasteiger partial charge is 0.486 e. The van der Waals surface area contributed by atoms with Gasteiger partial charge in [0.2, 0.25) is 0 Å². The zero-order chi connectivity index (χ0) is 13.2. The monoisotopic (exact) mass is 256 g/mol. The number of benzene rings is 2. The minimum Gasteiger partial charge on any atom is -0.486 e. The number of halogens is 1. The van der Waals surface area contributed by atoms with Crippen molar-refractivity contribution >= 4 is 11.0 Å². The Morgan fingerprint density at radius 3 is 2.63 bits per heavy atom. The van der Waals surface area contributed by atoms with E-state index in [0.29, 0.717) is 12.4 Å². The van der Waals surface area contributed by atoms with Crippen molar-refractivity contribution < 1.29 is 13.5 Å². The van der Waals surface area contributed by atoms with Gasteiger partial charge in [0.1, 0.15) is 29.5 Å². The number of aryl methyl sites for hydroxylation is 1. The summed E-state index contributed by atoms with van der Waals surface area (Å²) in [7, 11) is 0. The summed E-state index contributed by atoms with van der Waals surface area (Å²) in [6.45, 7) is 2.34. The van der Waals surface area contributed by atoms with Crippen LogP contribution in [0, 0.1) is 12.7 Å². The van der Waals surface area contributed by atoms with Crippen LogP contribution in [0.1, 0.15) is 11.3 Å². The Labute approximate surface area is 110 Å². The van der Waals surface area contributed by atoms with Gasteiger partial charge in [0.05, 0.1) is 0 Å². The topological polar surface area (TPSA) is 22.4 Å². The summed E-state index contributed by atoms with van der Waals surface area (Å²) in [4.78, 5) is 0. The van der Waals surface area contributed by atoms with Gasteiger partial charge < -0.3 is 9.15 Å². The molecule has 3 rings (SSSR count). The van der Waals surface area contributed by atoms with Crippen LogP contribution in [0.5, 0.6) is 5.75 Å². The zero-order valence-corrected chi connectivity index (χ0v) is 10.5. The molecule has 0 bridgehead atoms. The third-order valence-electron chi connectivity index (χ3n) is 2.99. The highest BCUT2D eigenvalue weighted by Gasteiger charge is 2.06. The van der Waals surface area contributed by atoms with Crippen molar-refractivity contribution in [2.75, 3.05) is 0 Å². The molecule has 2 aromatic carbocycles. The van der Waals surface area contributed by atoms with E-state index in [4.69, 9.17) is 9.15 Å². The first kappa shape index (κ1) is 11.8. The molecule has 0 spiro atoms. The maximum atomic E-state index is 12.8. The Kier molecular flexibility index (Phi) is 2.95. The van der Waals surface area contributed by atoms with E-state index < -0.39 is 0 Å². The molecule has 0 saturated heterocycles. The van der Waals surface area contributed by atoms with Gasteiger partial charge >= 0.3 is 0 Å². The van der Waals surface area contributed by atoms with Gasteiger partial charge in [0.25, 0.3) is 0 Å². The van der Waals surface area contributed by atoms with Gasteiger partial charge in [0.15, 0.2) is 0 Å². The SMILES string of the molecule is Cc1cccc2cc(COc3ccc(F)cc3)oc12. The predicted molar refractivity (Wildman–Crippen MR) is 71.7 cm³/mol. The van der Waals surface area contributed by atoms with Gasteiger partial charge in [-0.15, -0.1) is 0 Å². The summed E-state index contributed by atoms with van der Waals surface area (Å²) in [6.07, 6.45) is 0. The van der Waals surface area contributed by atoms with Gasteiger partial charge in [-0.3, -0.25) is 0 Å². The van der Waals surface area contributed by atoms with E-state index in [1.807, 2.05) is 31.2 Å². The standard InChI is InChI=1S/C16H13FO2/c1-11-3-2-4-12-9-15(19-16(11)12)10-18-14-7-5-13(17)6-8-14/h2-9H,10H2,1H3. The molecule has 0 unspecified atom stereocenters. The minimum absolute atomic E-state index is 0.272. The summed E-state index contributed by atoms with van der Waals surface area (Å²) in [6, 6.07) is 13.9. The van der Waals surface area contributed by atoms with E-state index >= 15 is 0 Å². The van der Waals surface area contributed by atoms with Crippen molar-refractivity contribution in [1.29, 1.82) is 0 Å². The Morgan fingerprint density at radius 1 is 1.11 bits per heavy atom. The molecule has 0 N–H and O–H groups in total. The third-order valence-corrected chi connectivity index (χ3v) is 2.99. The number of hydrogen-bond acceptors (Lipinski definition) is 2. The molecule has 0 aliphatic rings. The van der Waals surface area contributed by atoms with E-state index in [0.717, 1.165) is 22.3 Å². The number of fused-ring (bicyclic) bond motifs is 1. The molecule has 0 radical (unpaired) electrons. The smallest absolute Gasteiger partial charge is 0.146 e. The number of hydrogen-bond donors (Lipinski definition) is 0. The molecule has 0 aliphatic heterocycles. The Morgan fingerprint density at radius 2 is 1.89 bits per heavy atom. The van der Waals surface area contributed by atoms with Gasteiger partial charge in [-0.25, -0.2) is 4.39 Å². The van der Waals surface area contributed by atoms with Crippen LogP contribution in [0.2, 0.25) is 0 Å². The Balaban J connectivity index is 1.78. The van der Waals surface area contributed by atoms with Crippen LogP contribution in [0.4, 0.5) is 4.39 Å². The maximum Gasteiger partial charge on any atom is 0.146 e. The molecule has 0 atom stereocenters. The first-order valence-electron chi connectivity index (χ1n) is 6.09. The lowest BCUT2D eigenvalue weighted by atomic mass is 10.2. The van der Waals surface area contributed by atoms with E-state index in [-0.39, 0.29) is 5.82 Å². The fourth-order valence-corrected chi connectivity index (χ4v) is 2.02. The second-order valence-electron chi connectivity index (χ2n) is 4.45. The molecule has 1 heterocycles. The van der Waals surface area contributed by atoms with Gasteiger partial charge in [-0.1, -0.05) is 18.2 Å².